The molecule has 1 saturated heterocycles. The van der Waals surface area contributed by atoms with Crippen LogP contribution in [0.25, 0.3) is 5.82 Å². The normalized spacial score (nSPS) is 17.2. The maximum Gasteiger partial charge on any atom is 0.417 e. The van der Waals surface area contributed by atoms with Crippen molar-refractivity contribution in [2.75, 3.05) is 19.7 Å². The zero-order chi connectivity index (χ0) is 21.3. The molecule has 3 aromatic rings. The minimum Gasteiger partial charge on any atom is -0.370 e. The Hall–Kier alpha value is -2.98. The molecule has 1 aliphatic heterocycles. The van der Waals surface area contributed by atoms with Crippen LogP contribution in [0.5, 0.6) is 0 Å². The molecule has 4 rings (SSSR count). The predicted octanol–water partition coefficient (Wildman–Crippen LogP) is 3.55. The Bertz CT molecular complexity index is 1040. The molecule has 1 fully saturated rings. The Balaban J connectivity index is 1.47. The molecule has 0 aliphatic carbocycles. The summed E-state index contributed by atoms with van der Waals surface area (Å²) in [5, 5.41) is 8.27. The molecule has 30 heavy (non-hydrogen) atoms. The average Bonchev–Trinajstić information content (AvgIpc) is 3.23. The number of morpholine rings is 1. The Morgan fingerprint density at radius 2 is 1.93 bits per heavy atom. The van der Waals surface area contributed by atoms with E-state index in [-0.39, 0.29) is 23.5 Å². The molecule has 156 valence electrons. The number of pyridine rings is 1. The molecule has 3 heterocycles. The molecule has 0 N–H and O–H groups in total. The molecule has 0 saturated carbocycles. The van der Waals surface area contributed by atoms with E-state index in [1.54, 1.807) is 17.0 Å². The van der Waals surface area contributed by atoms with Crippen molar-refractivity contribution in [2.24, 2.45) is 0 Å². The van der Waals surface area contributed by atoms with Crippen molar-refractivity contribution in [3.8, 4) is 5.82 Å². The topological polar surface area (TPSA) is 73.1 Å². The van der Waals surface area contributed by atoms with E-state index >= 15 is 0 Å². The number of hydrogen-bond donors (Lipinski definition) is 0. The summed E-state index contributed by atoms with van der Waals surface area (Å²) >= 11 is 5.91. The number of ether oxygens (including phenoxy) is 1. The summed E-state index contributed by atoms with van der Waals surface area (Å²) in [6.45, 7) is 1.06. The van der Waals surface area contributed by atoms with Gasteiger partial charge in [0, 0.05) is 17.8 Å². The van der Waals surface area contributed by atoms with Crippen LogP contribution in [0.3, 0.4) is 0 Å². The number of benzene rings is 1. The molecule has 0 spiro atoms. The fourth-order valence-corrected chi connectivity index (χ4v) is 3.16. The molecular formula is C19H15ClF3N5O2. The number of aromatic nitrogens is 4. The zero-order valence-corrected chi connectivity index (χ0v) is 16.1. The first kappa shape index (κ1) is 20.3. The van der Waals surface area contributed by atoms with Gasteiger partial charge < -0.3 is 9.64 Å². The van der Waals surface area contributed by atoms with Crippen LogP contribution in [-0.4, -0.2) is 50.5 Å². The smallest absolute Gasteiger partial charge is 0.370 e. The van der Waals surface area contributed by atoms with Crippen LogP contribution >= 0.6 is 11.6 Å². The van der Waals surface area contributed by atoms with Gasteiger partial charge in [0.25, 0.3) is 5.91 Å². The molecule has 1 aromatic carbocycles. The summed E-state index contributed by atoms with van der Waals surface area (Å²) in [5.41, 5.74) is 0.0900. The van der Waals surface area contributed by atoms with E-state index in [4.69, 9.17) is 16.3 Å². The predicted molar refractivity (Wildman–Crippen MR) is 100 cm³/mol. The number of nitrogens with zero attached hydrogens (tertiary/aromatic N) is 5. The summed E-state index contributed by atoms with van der Waals surface area (Å²) in [6.07, 6.45) is -2.74. The second-order valence-corrected chi connectivity index (χ2v) is 7.05. The van der Waals surface area contributed by atoms with Crippen molar-refractivity contribution in [3.05, 3.63) is 70.6 Å². The van der Waals surface area contributed by atoms with Gasteiger partial charge in [-0.2, -0.15) is 13.2 Å². The van der Waals surface area contributed by atoms with Crippen molar-refractivity contribution in [1.29, 1.82) is 0 Å². The van der Waals surface area contributed by atoms with E-state index in [0.717, 1.165) is 22.4 Å². The number of hydrogen-bond acceptors (Lipinski definition) is 5. The highest BCUT2D eigenvalue weighted by Gasteiger charge is 2.31. The van der Waals surface area contributed by atoms with Crippen LogP contribution in [0.2, 0.25) is 5.02 Å². The average molecular weight is 438 g/mol. The molecular weight excluding hydrogens is 423 g/mol. The van der Waals surface area contributed by atoms with Crippen LogP contribution in [-0.2, 0) is 10.9 Å². The van der Waals surface area contributed by atoms with Crippen LogP contribution in [0, 0.1) is 0 Å². The largest absolute Gasteiger partial charge is 0.417 e. The fourth-order valence-electron chi connectivity index (χ4n) is 3.04. The number of alkyl halides is 3. The zero-order valence-electron chi connectivity index (χ0n) is 15.4. The number of rotatable bonds is 3. The minimum absolute atomic E-state index is 0.0634. The van der Waals surface area contributed by atoms with E-state index in [9.17, 15) is 18.0 Å². The SMILES string of the molecule is O=C(c1cn(-c2ccc(C(F)(F)F)cn2)nn1)N1CCO[C@@H](c2ccc(Cl)cc2)C1. The highest BCUT2D eigenvalue weighted by Crippen LogP contribution is 2.29. The van der Waals surface area contributed by atoms with Crippen molar-refractivity contribution < 1.29 is 22.7 Å². The maximum absolute atomic E-state index is 12.8. The summed E-state index contributed by atoms with van der Waals surface area (Å²) in [5.74, 6) is -0.231. The van der Waals surface area contributed by atoms with Crippen LogP contribution in [0.1, 0.15) is 27.7 Å². The van der Waals surface area contributed by atoms with Crippen LogP contribution in [0.4, 0.5) is 13.2 Å². The van der Waals surface area contributed by atoms with Gasteiger partial charge in [0.15, 0.2) is 11.5 Å². The summed E-state index contributed by atoms with van der Waals surface area (Å²) in [7, 11) is 0. The van der Waals surface area contributed by atoms with Gasteiger partial charge in [0.2, 0.25) is 0 Å². The molecule has 1 amide bonds. The Kier molecular flexibility index (Phi) is 5.44. The molecule has 0 unspecified atom stereocenters. The van der Waals surface area contributed by atoms with Crippen LogP contribution in [0.15, 0.2) is 48.8 Å². The number of carbonyl (C=O) groups is 1. The number of halogens is 4. The summed E-state index contributed by atoms with van der Waals surface area (Å²) in [4.78, 5) is 18.2. The molecule has 7 nitrogen and oxygen atoms in total. The van der Waals surface area contributed by atoms with Crippen molar-refractivity contribution in [2.45, 2.75) is 12.3 Å². The van der Waals surface area contributed by atoms with Crippen molar-refractivity contribution in [3.63, 3.8) is 0 Å². The van der Waals surface area contributed by atoms with Gasteiger partial charge in [-0.15, -0.1) is 5.10 Å². The quantitative estimate of drug-likeness (QED) is 0.626. The van der Waals surface area contributed by atoms with E-state index in [0.29, 0.717) is 30.9 Å². The molecule has 1 aliphatic rings. The number of amides is 1. The first-order valence-electron chi connectivity index (χ1n) is 8.93. The Labute approximate surface area is 174 Å². The summed E-state index contributed by atoms with van der Waals surface area (Å²) < 4.78 is 44.9. The third-order valence-electron chi connectivity index (χ3n) is 4.62. The molecule has 0 bridgehead atoms. The molecule has 11 heteroatoms. The highest BCUT2D eigenvalue weighted by atomic mass is 35.5. The van der Waals surface area contributed by atoms with E-state index in [1.807, 2.05) is 12.1 Å². The lowest BCUT2D eigenvalue weighted by Gasteiger charge is -2.32. The second kappa shape index (κ2) is 8.04. The van der Waals surface area contributed by atoms with Gasteiger partial charge in [0.1, 0.15) is 6.10 Å². The molecule has 0 radical (unpaired) electrons. The van der Waals surface area contributed by atoms with Gasteiger partial charge in [-0.1, -0.05) is 28.9 Å². The second-order valence-electron chi connectivity index (χ2n) is 6.61. The third-order valence-corrected chi connectivity index (χ3v) is 4.87. The standard InChI is InChI=1S/C19H15ClF3N5O2/c20-14-4-1-12(2-5-14)16-11-27(7-8-30-16)18(29)15-10-28(26-25-15)17-6-3-13(9-24-17)19(21,22)23/h1-6,9-10,16H,7-8,11H2/t16-/m1/s1. The van der Waals surface area contributed by atoms with Gasteiger partial charge in [0.05, 0.1) is 24.9 Å². The Morgan fingerprint density at radius 3 is 2.60 bits per heavy atom. The highest BCUT2D eigenvalue weighted by molar-refractivity contribution is 6.30. The lowest BCUT2D eigenvalue weighted by atomic mass is 10.1. The fraction of sp³-hybridized carbons (Fsp3) is 0.263. The lowest BCUT2D eigenvalue weighted by Crippen LogP contribution is -2.42. The monoisotopic (exact) mass is 437 g/mol. The first-order chi connectivity index (χ1) is 14.3. The van der Waals surface area contributed by atoms with Gasteiger partial charge in [-0.3, -0.25) is 4.79 Å². The van der Waals surface area contributed by atoms with E-state index in [2.05, 4.69) is 15.3 Å². The first-order valence-corrected chi connectivity index (χ1v) is 9.31. The van der Waals surface area contributed by atoms with Gasteiger partial charge in [-0.05, 0) is 29.8 Å². The van der Waals surface area contributed by atoms with E-state index < -0.39 is 11.7 Å². The van der Waals surface area contributed by atoms with Gasteiger partial charge >= 0.3 is 6.18 Å². The third kappa shape index (κ3) is 4.29. The van der Waals surface area contributed by atoms with Crippen molar-refractivity contribution >= 4 is 17.5 Å². The van der Waals surface area contributed by atoms with Crippen molar-refractivity contribution in [1.82, 2.24) is 24.9 Å². The molecule has 2 aromatic heterocycles. The Morgan fingerprint density at radius 1 is 1.17 bits per heavy atom. The maximum atomic E-state index is 12.8. The van der Waals surface area contributed by atoms with Gasteiger partial charge in [-0.25, -0.2) is 9.67 Å². The van der Waals surface area contributed by atoms with Crippen LogP contribution < -0.4 is 0 Å². The lowest BCUT2D eigenvalue weighted by molar-refractivity contribution is -0.137. The molecule has 1 atom stereocenters. The number of carbonyl (C=O) groups excluding carboxylic acids is 1. The minimum atomic E-state index is -4.48. The summed E-state index contributed by atoms with van der Waals surface area (Å²) in [6, 6.07) is 9.25. The van der Waals surface area contributed by atoms with E-state index in [1.165, 1.54) is 6.20 Å².